The van der Waals surface area contributed by atoms with Gasteiger partial charge < -0.3 is 15.4 Å². The van der Waals surface area contributed by atoms with Gasteiger partial charge in [0, 0.05) is 16.9 Å². The quantitative estimate of drug-likeness (QED) is 0.391. The van der Waals surface area contributed by atoms with Gasteiger partial charge >= 0.3 is 6.09 Å². The Hall–Kier alpha value is -1.98. The molecule has 0 spiro atoms. The second-order valence-corrected chi connectivity index (χ2v) is 10.3. The Morgan fingerprint density at radius 1 is 1.44 bits per heavy atom. The number of thiophene rings is 1. The summed E-state index contributed by atoms with van der Waals surface area (Å²) >= 11 is 10.9. The number of alkyl halides is 1. The fraction of sp³-hybridized carbons (Fsp3) is 0.450. The van der Waals surface area contributed by atoms with Crippen LogP contribution < -0.4 is 10.6 Å². The minimum absolute atomic E-state index is 0.0651. The SMILES string of the molecule is C[C@H](F)[C@@H](Cc1c(F)c2c(NCc3cccs3)nc(Cl)nn2c1Br)NC(=O)OC(C)(C)C. The van der Waals surface area contributed by atoms with Gasteiger partial charge in [0.2, 0.25) is 5.28 Å². The molecule has 0 saturated heterocycles. The van der Waals surface area contributed by atoms with Gasteiger partial charge in [0.15, 0.2) is 11.6 Å². The Morgan fingerprint density at radius 2 is 2.16 bits per heavy atom. The van der Waals surface area contributed by atoms with E-state index in [0.29, 0.717) is 6.54 Å². The van der Waals surface area contributed by atoms with Crippen LogP contribution in [0.5, 0.6) is 0 Å². The molecule has 0 aliphatic heterocycles. The molecule has 3 aromatic rings. The smallest absolute Gasteiger partial charge is 0.407 e. The average Bonchev–Trinajstić information content (AvgIpc) is 3.27. The van der Waals surface area contributed by atoms with Gasteiger partial charge in [-0.1, -0.05) is 6.07 Å². The third kappa shape index (κ3) is 5.87. The van der Waals surface area contributed by atoms with Gasteiger partial charge in [0.25, 0.3) is 0 Å². The molecule has 0 aromatic carbocycles. The molecule has 0 unspecified atom stereocenters. The molecule has 2 atom stereocenters. The number of ether oxygens (including phenoxy) is 1. The van der Waals surface area contributed by atoms with Gasteiger partial charge in [-0.2, -0.15) is 4.98 Å². The molecule has 3 rings (SSSR count). The van der Waals surface area contributed by atoms with Crippen molar-refractivity contribution in [3.05, 3.63) is 43.7 Å². The summed E-state index contributed by atoms with van der Waals surface area (Å²) in [6, 6.07) is 2.81. The van der Waals surface area contributed by atoms with E-state index in [1.54, 1.807) is 32.1 Å². The highest BCUT2D eigenvalue weighted by atomic mass is 79.9. The molecule has 1 amide bonds. The number of amides is 1. The number of nitrogens with zero attached hydrogens (tertiary/aromatic N) is 3. The van der Waals surface area contributed by atoms with Gasteiger partial charge in [-0.3, -0.25) is 0 Å². The average molecular weight is 551 g/mol. The Labute approximate surface area is 201 Å². The van der Waals surface area contributed by atoms with Crippen LogP contribution in [-0.4, -0.2) is 38.5 Å². The zero-order valence-electron chi connectivity index (χ0n) is 17.9. The van der Waals surface area contributed by atoms with E-state index in [9.17, 15) is 9.18 Å². The molecule has 0 saturated carbocycles. The first-order chi connectivity index (χ1) is 15.0. The van der Waals surface area contributed by atoms with Crippen molar-refractivity contribution in [1.82, 2.24) is 19.9 Å². The van der Waals surface area contributed by atoms with Gasteiger partial charge in [-0.05, 0) is 66.7 Å². The zero-order chi connectivity index (χ0) is 23.6. The van der Waals surface area contributed by atoms with Gasteiger partial charge in [0.1, 0.15) is 21.9 Å². The first-order valence-corrected chi connectivity index (χ1v) is 11.8. The Kier molecular flexibility index (Phi) is 7.61. The van der Waals surface area contributed by atoms with Crippen LogP contribution in [0.1, 0.15) is 38.1 Å². The first kappa shape index (κ1) is 24.7. The molecule has 0 bridgehead atoms. The van der Waals surface area contributed by atoms with E-state index >= 15 is 4.39 Å². The minimum atomic E-state index is -1.47. The van der Waals surface area contributed by atoms with Crippen LogP contribution in [-0.2, 0) is 17.7 Å². The molecule has 174 valence electrons. The molecular formula is C20H23BrClF2N5O2S. The third-order valence-electron chi connectivity index (χ3n) is 4.42. The van der Waals surface area contributed by atoms with Crippen molar-refractivity contribution in [3.8, 4) is 0 Å². The van der Waals surface area contributed by atoms with Crippen molar-refractivity contribution in [2.75, 3.05) is 5.32 Å². The van der Waals surface area contributed by atoms with Crippen molar-refractivity contribution in [3.63, 3.8) is 0 Å². The second kappa shape index (κ2) is 9.88. The molecule has 7 nitrogen and oxygen atoms in total. The fourth-order valence-electron chi connectivity index (χ4n) is 2.99. The number of carbonyl (C=O) groups is 1. The predicted octanol–water partition coefficient (Wildman–Crippen LogP) is 5.75. The lowest BCUT2D eigenvalue weighted by Crippen LogP contribution is -2.44. The van der Waals surface area contributed by atoms with Crippen LogP contribution in [0, 0.1) is 5.82 Å². The van der Waals surface area contributed by atoms with Crippen molar-refractivity contribution in [2.45, 2.75) is 58.5 Å². The first-order valence-electron chi connectivity index (χ1n) is 9.78. The second-order valence-electron chi connectivity index (χ2n) is 8.14. The van der Waals surface area contributed by atoms with Gasteiger partial charge in [0.05, 0.1) is 12.6 Å². The number of anilines is 1. The maximum Gasteiger partial charge on any atom is 0.407 e. The van der Waals surface area contributed by atoms with Crippen LogP contribution >= 0.6 is 38.9 Å². The number of fused-ring (bicyclic) bond motifs is 1. The topological polar surface area (TPSA) is 80.5 Å². The molecule has 3 aromatic heterocycles. The molecular weight excluding hydrogens is 528 g/mol. The highest BCUT2D eigenvalue weighted by Gasteiger charge is 2.29. The van der Waals surface area contributed by atoms with Crippen LogP contribution in [0.4, 0.5) is 19.4 Å². The highest BCUT2D eigenvalue weighted by molar-refractivity contribution is 9.10. The van der Waals surface area contributed by atoms with E-state index in [1.807, 2.05) is 17.5 Å². The van der Waals surface area contributed by atoms with Gasteiger partial charge in [-0.15, -0.1) is 16.4 Å². The summed E-state index contributed by atoms with van der Waals surface area (Å²) < 4.78 is 36.5. The standard InChI is InChI=1S/C20H23BrClF2N5O2S/c1-10(23)13(26-19(30)31-20(2,3)4)8-12-14(24)15-17(25-9-11-6-5-7-32-11)27-18(22)28-29(15)16(12)21/h5-7,10,13H,8-9H2,1-4H3,(H,26,30)(H,25,27,28)/t10-,13+/m0/s1. The van der Waals surface area contributed by atoms with Crippen molar-refractivity contribution >= 4 is 56.3 Å². The highest BCUT2D eigenvalue weighted by Crippen LogP contribution is 2.32. The van der Waals surface area contributed by atoms with Crippen molar-refractivity contribution in [1.29, 1.82) is 0 Å². The van der Waals surface area contributed by atoms with E-state index in [2.05, 4.69) is 36.6 Å². The summed E-state index contributed by atoms with van der Waals surface area (Å²) in [7, 11) is 0. The lowest BCUT2D eigenvalue weighted by molar-refractivity contribution is 0.0477. The summed E-state index contributed by atoms with van der Waals surface area (Å²) in [5.74, 6) is -0.438. The summed E-state index contributed by atoms with van der Waals surface area (Å²) in [6.07, 6.45) is -2.40. The Bertz CT molecular complexity index is 1100. The fourth-order valence-corrected chi connectivity index (χ4v) is 4.39. The Morgan fingerprint density at radius 3 is 2.75 bits per heavy atom. The molecule has 3 heterocycles. The molecule has 32 heavy (non-hydrogen) atoms. The number of halogens is 4. The number of hydrogen-bond donors (Lipinski definition) is 2. The summed E-state index contributed by atoms with van der Waals surface area (Å²) in [4.78, 5) is 17.3. The monoisotopic (exact) mass is 549 g/mol. The number of aromatic nitrogens is 3. The minimum Gasteiger partial charge on any atom is -0.444 e. The Balaban J connectivity index is 1.92. The molecule has 0 fully saturated rings. The third-order valence-corrected chi connectivity index (χ3v) is 6.27. The van der Waals surface area contributed by atoms with Crippen LogP contribution in [0.2, 0.25) is 5.28 Å². The van der Waals surface area contributed by atoms with Crippen molar-refractivity contribution < 1.29 is 18.3 Å². The summed E-state index contributed by atoms with van der Waals surface area (Å²) in [5, 5.41) is 11.5. The summed E-state index contributed by atoms with van der Waals surface area (Å²) in [5.41, 5.74) is -0.554. The zero-order valence-corrected chi connectivity index (χ0v) is 21.0. The van der Waals surface area contributed by atoms with E-state index in [4.69, 9.17) is 16.3 Å². The molecule has 2 N–H and O–H groups in total. The van der Waals surface area contributed by atoms with Crippen LogP contribution in [0.3, 0.4) is 0 Å². The normalized spacial score (nSPS) is 13.8. The molecule has 0 radical (unpaired) electrons. The van der Waals surface area contributed by atoms with Crippen LogP contribution in [0.15, 0.2) is 22.1 Å². The van der Waals surface area contributed by atoms with Crippen LogP contribution in [0.25, 0.3) is 5.52 Å². The number of alkyl carbamates (subject to hydrolysis) is 1. The number of hydrogen-bond acceptors (Lipinski definition) is 6. The summed E-state index contributed by atoms with van der Waals surface area (Å²) in [6.45, 7) is 6.80. The maximum absolute atomic E-state index is 15.5. The van der Waals surface area contributed by atoms with E-state index < -0.39 is 29.7 Å². The van der Waals surface area contributed by atoms with E-state index in [1.165, 1.54) is 11.4 Å². The maximum atomic E-state index is 15.5. The molecule has 0 aliphatic rings. The van der Waals surface area contributed by atoms with E-state index in [0.717, 1.165) is 4.88 Å². The molecule has 0 aliphatic carbocycles. The lowest BCUT2D eigenvalue weighted by atomic mass is 10.0. The predicted molar refractivity (Wildman–Crippen MR) is 125 cm³/mol. The largest absolute Gasteiger partial charge is 0.444 e. The van der Waals surface area contributed by atoms with Crippen molar-refractivity contribution in [2.24, 2.45) is 0 Å². The number of rotatable bonds is 7. The van der Waals surface area contributed by atoms with Gasteiger partial charge in [-0.25, -0.2) is 18.1 Å². The lowest BCUT2D eigenvalue weighted by Gasteiger charge is -2.24. The van der Waals surface area contributed by atoms with E-state index in [-0.39, 0.29) is 33.2 Å². The molecule has 12 heteroatoms. The number of nitrogens with one attached hydrogen (secondary N) is 2. The number of carbonyl (C=O) groups excluding carboxylic acids is 1.